The van der Waals surface area contributed by atoms with Gasteiger partial charge in [0, 0.05) is 28.9 Å². The maximum atomic E-state index is 12.1. The number of carbonyl (C=O) groups is 3. The number of carboxylic acid groups (broad SMARTS) is 2. The molecule has 0 fully saturated rings. The van der Waals surface area contributed by atoms with Gasteiger partial charge in [0.25, 0.3) is 0 Å². The van der Waals surface area contributed by atoms with Crippen LogP contribution < -0.4 is 5.32 Å². The smallest absolute Gasteiger partial charge is 0.408 e. The van der Waals surface area contributed by atoms with Crippen LogP contribution in [0.5, 0.6) is 0 Å². The van der Waals surface area contributed by atoms with Crippen molar-refractivity contribution in [2.24, 2.45) is 0 Å². The molecule has 0 saturated heterocycles. The van der Waals surface area contributed by atoms with Crippen molar-refractivity contribution >= 4 is 48.2 Å². The second-order valence-electron chi connectivity index (χ2n) is 8.66. The number of rotatable bonds is 11. The van der Waals surface area contributed by atoms with E-state index in [1.165, 1.54) is 4.57 Å². The van der Waals surface area contributed by atoms with E-state index in [2.05, 4.69) is 5.32 Å². The van der Waals surface area contributed by atoms with E-state index in [0.29, 0.717) is 10.4 Å². The molecular weight excluding hydrogens is 487 g/mol. The van der Waals surface area contributed by atoms with Crippen molar-refractivity contribution < 1.29 is 43.7 Å². The summed E-state index contributed by atoms with van der Waals surface area (Å²) in [5.74, 6) is -2.58. The highest BCUT2D eigenvalue weighted by Gasteiger charge is 2.28. The minimum atomic E-state index is -4.27. The Labute approximate surface area is 200 Å². The summed E-state index contributed by atoms with van der Waals surface area (Å²) < 4.78 is 17.8. The fraction of sp³-hybridized carbons (Fsp3) is 0.476. The predicted octanol–water partition coefficient (Wildman–Crippen LogP) is 3.29. The van der Waals surface area contributed by atoms with Gasteiger partial charge in [-0.05, 0) is 33.6 Å². The van der Waals surface area contributed by atoms with Crippen LogP contribution in [-0.2, 0) is 18.9 Å². The largest absolute Gasteiger partial charge is 0.480 e. The molecule has 1 heterocycles. The van der Waals surface area contributed by atoms with E-state index in [0.717, 1.165) is 17.1 Å². The fourth-order valence-corrected chi connectivity index (χ4v) is 5.01. The van der Waals surface area contributed by atoms with Crippen molar-refractivity contribution in [2.75, 3.05) is 11.9 Å². The summed E-state index contributed by atoms with van der Waals surface area (Å²) >= 11 is 1.06. The molecule has 2 rings (SSSR count). The van der Waals surface area contributed by atoms with Crippen LogP contribution in [0.25, 0.3) is 10.8 Å². The third kappa shape index (κ3) is 8.35. The number of aliphatic carboxylic acids is 2. The van der Waals surface area contributed by atoms with E-state index >= 15 is 0 Å². The molecule has 1 aromatic heterocycles. The summed E-state index contributed by atoms with van der Waals surface area (Å²) in [6, 6.07) is 4.64. The second kappa shape index (κ2) is 11.3. The van der Waals surface area contributed by atoms with E-state index < -0.39 is 49.5 Å². The molecule has 1 amide bonds. The van der Waals surface area contributed by atoms with Crippen molar-refractivity contribution in [3.8, 4) is 0 Å². The number of aromatic nitrogens is 1. The average Bonchev–Trinajstić information content (AvgIpc) is 3.03. The highest BCUT2D eigenvalue weighted by molar-refractivity contribution is 7.99. The van der Waals surface area contributed by atoms with Crippen molar-refractivity contribution in [2.45, 2.75) is 56.3 Å². The Hall–Kier alpha value is -2.53. The third-order valence-corrected chi connectivity index (χ3v) is 6.73. The highest BCUT2D eigenvalue weighted by atomic mass is 32.2. The van der Waals surface area contributed by atoms with Crippen molar-refractivity contribution in [1.82, 2.24) is 9.88 Å². The Balaban J connectivity index is 2.31. The van der Waals surface area contributed by atoms with Crippen molar-refractivity contribution in [3.05, 3.63) is 30.5 Å². The topological polar surface area (TPSA) is 175 Å². The minimum absolute atomic E-state index is 0.0160. The fourth-order valence-electron chi connectivity index (χ4n) is 3.19. The van der Waals surface area contributed by atoms with E-state index in [9.17, 15) is 29.2 Å². The molecule has 1 unspecified atom stereocenters. The lowest BCUT2D eigenvalue weighted by atomic mass is 10.1. The van der Waals surface area contributed by atoms with Gasteiger partial charge in [0.05, 0.1) is 5.03 Å². The van der Waals surface area contributed by atoms with Crippen molar-refractivity contribution in [1.29, 1.82) is 0 Å². The number of fused-ring (bicyclic) bond motifs is 1. The quantitative estimate of drug-likeness (QED) is 0.220. The monoisotopic (exact) mass is 516 g/mol. The summed E-state index contributed by atoms with van der Waals surface area (Å²) in [6.45, 7) is 4.94. The minimum Gasteiger partial charge on any atom is -0.480 e. The third-order valence-electron chi connectivity index (χ3n) is 4.63. The Kier molecular flexibility index (Phi) is 9.18. The molecule has 0 aliphatic carbocycles. The molecule has 188 valence electrons. The standard InChI is InChI=1S/C21H29N2O9PS/c1-21(2,3)32-20(28)22-15(18(24)25)12-34-17-14-8-5-4-7-13(14)11-23(17)16(19(26)27)9-6-10-33(29,30)31/h4-5,7-8,11,15-16H,6,9-10,12H2,1-3H3,(H,22,28)(H,24,25)(H,26,27)(H2,29,30,31)/t15-,16?/m0/s1. The molecule has 0 saturated carbocycles. The van der Waals surface area contributed by atoms with Crippen LogP contribution in [0.4, 0.5) is 4.79 Å². The van der Waals surface area contributed by atoms with Gasteiger partial charge in [-0.2, -0.15) is 0 Å². The number of benzene rings is 1. The SMILES string of the molecule is CC(C)(C)OC(=O)N[C@@H](CSc1c2ccccc2cn1C(CCCP(=O)(O)O)C(=O)O)C(=O)O. The predicted molar refractivity (Wildman–Crippen MR) is 126 cm³/mol. The van der Waals surface area contributed by atoms with E-state index in [1.54, 1.807) is 51.2 Å². The van der Waals surface area contributed by atoms with Gasteiger partial charge in [0.15, 0.2) is 0 Å². The van der Waals surface area contributed by atoms with Crippen molar-refractivity contribution in [3.63, 3.8) is 0 Å². The van der Waals surface area contributed by atoms with E-state index in [4.69, 9.17) is 14.5 Å². The normalized spacial score (nSPS) is 13.9. The number of amides is 1. The summed E-state index contributed by atoms with van der Waals surface area (Å²) in [7, 11) is -4.27. The summed E-state index contributed by atoms with van der Waals surface area (Å²) in [4.78, 5) is 54.0. The molecule has 0 bridgehead atoms. The summed E-state index contributed by atoms with van der Waals surface area (Å²) in [6.07, 6.45) is 0.235. The van der Waals surface area contributed by atoms with Gasteiger partial charge < -0.3 is 34.6 Å². The Bertz CT molecular complexity index is 1090. The maximum absolute atomic E-state index is 12.1. The number of hydrogen-bond donors (Lipinski definition) is 5. The molecule has 0 aliphatic heterocycles. The van der Waals surface area contributed by atoms with Gasteiger partial charge in [-0.1, -0.05) is 24.3 Å². The summed E-state index contributed by atoms with van der Waals surface area (Å²) in [5.41, 5.74) is -0.813. The summed E-state index contributed by atoms with van der Waals surface area (Å²) in [5, 5.41) is 23.6. The lowest BCUT2D eigenvalue weighted by molar-refractivity contribution is -0.141. The van der Waals surface area contributed by atoms with Gasteiger partial charge in [0.1, 0.15) is 17.7 Å². The first-order chi connectivity index (χ1) is 15.7. The number of nitrogens with one attached hydrogen (secondary N) is 1. The molecule has 0 radical (unpaired) electrons. The second-order valence-corrected chi connectivity index (χ2v) is 11.4. The van der Waals surface area contributed by atoms with Crippen LogP contribution in [0.2, 0.25) is 0 Å². The first kappa shape index (κ1) is 27.7. The number of ether oxygens (including phenoxy) is 1. The Morgan fingerprint density at radius 3 is 2.35 bits per heavy atom. The number of alkyl carbamates (subject to hydrolysis) is 1. The van der Waals surface area contributed by atoms with Gasteiger partial charge >= 0.3 is 25.6 Å². The average molecular weight is 517 g/mol. The Morgan fingerprint density at radius 2 is 1.79 bits per heavy atom. The van der Waals surface area contributed by atoms with Crippen LogP contribution in [0.15, 0.2) is 35.5 Å². The number of nitrogens with zero attached hydrogens (tertiary/aromatic N) is 1. The highest BCUT2D eigenvalue weighted by Crippen LogP contribution is 2.38. The number of carboxylic acids is 2. The molecule has 2 aromatic rings. The number of carbonyl (C=O) groups excluding carboxylic acids is 1. The van der Waals surface area contributed by atoms with Gasteiger partial charge in [-0.25, -0.2) is 14.4 Å². The molecule has 0 aliphatic rings. The van der Waals surface area contributed by atoms with Gasteiger partial charge in [-0.3, -0.25) is 4.57 Å². The van der Waals surface area contributed by atoms with Crippen LogP contribution >= 0.6 is 19.4 Å². The molecule has 13 heteroatoms. The first-order valence-corrected chi connectivity index (χ1v) is 13.2. The molecule has 2 atom stereocenters. The number of hydrogen-bond acceptors (Lipinski definition) is 6. The lowest BCUT2D eigenvalue weighted by Crippen LogP contribution is -2.45. The van der Waals surface area contributed by atoms with Crippen LogP contribution in [0.3, 0.4) is 0 Å². The van der Waals surface area contributed by atoms with Crippen LogP contribution in [0.1, 0.15) is 39.7 Å². The van der Waals surface area contributed by atoms with Crippen LogP contribution in [-0.4, -0.2) is 66.2 Å². The van der Waals surface area contributed by atoms with E-state index in [-0.39, 0.29) is 18.6 Å². The zero-order valence-corrected chi connectivity index (χ0v) is 20.7. The molecule has 34 heavy (non-hydrogen) atoms. The van der Waals surface area contributed by atoms with E-state index in [1.807, 2.05) is 0 Å². The zero-order chi connectivity index (χ0) is 25.7. The molecule has 1 aromatic carbocycles. The number of thioether (sulfide) groups is 1. The van der Waals surface area contributed by atoms with Gasteiger partial charge in [0.2, 0.25) is 0 Å². The van der Waals surface area contributed by atoms with Gasteiger partial charge in [-0.15, -0.1) is 11.8 Å². The molecular formula is C21H29N2O9PS. The molecule has 5 N–H and O–H groups in total. The first-order valence-electron chi connectivity index (χ1n) is 10.4. The zero-order valence-electron chi connectivity index (χ0n) is 19.0. The lowest BCUT2D eigenvalue weighted by Gasteiger charge is -2.22. The Morgan fingerprint density at radius 1 is 1.15 bits per heavy atom. The molecule has 0 spiro atoms. The maximum Gasteiger partial charge on any atom is 0.408 e. The molecule has 11 nitrogen and oxygen atoms in total. The van der Waals surface area contributed by atoms with Crippen LogP contribution in [0, 0.1) is 0 Å².